The Bertz CT molecular complexity index is 713. The molecular weight excluding hydrogens is 392 g/mol. The van der Waals surface area contributed by atoms with Gasteiger partial charge in [-0.05, 0) is 46.5 Å². The molecule has 0 aliphatic carbocycles. The number of likely N-dealkylation sites (tertiary alicyclic amines) is 3. The Morgan fingerprint density at radius 2 is 1.87 bits per heavy atom. The van der Waals surface area contributed by atoms with E-state index in [-0.39, 0.29) is 18.5 Å². The molecule has 6 unspecified atom stereocenters. The van der Waals surface area contributed by atoms with Crippen LogP contribution < -0.4 is 5.32 Å². The topological polar surface area (TPSA) is 130 Å². The minimum Gasteiger partial charge on any atom is -0.391 e. The smallest absolute Gasteiger partial charge is 0.253 e. The van der Waals surface area contributed by atoms with E-state index in [4.69, 9.17) is 0 Å². The van der Waals surface area contributed by atoms with Crippen LogP contribution >= 0.6 is 0 Å². The molecule has 168 valence electrons. The lowest BCUT2D eigenvalue weighted by molar-refractivity contribution is -0.177. The van der Waals surface area contributed by atoms with Gasteiger partial charge in [0.1, 0.15) is 12.1 Å². The first-order valence-corrected chi connectivity index (χ1v) is 10.6. The monoisotopic (exact) mass is 424 g/mol. The minimum atomic E-state index is -1.57. The number of rotatable bonds is 7. The van der Waals surface area contributed by atoms with Crippen molar-refractivity contribution in [2.75, 3.05) is 19.6 Å². The Balaban J connectivity index is 1.76. The second kappa shape index (κ2) is 8.50. The first-order chi connectivity index (χ1) is 14.1. The highest BCUT2D eigenvalue weighted by molar-refractivity contribution is 6.01. The van der Waals surface area contributed by atoms with E-state index in [9.17, 15) is 29.4 Å². The van der Waals surface area contributed by atoms with Gasteiger partial charge < -0.3 is 30.2 Å². The van der Waals surface area contributed by atoms with Gasteiger partial charge >= 0.3 is 0 Å². The van der Waals surface area contributed by atoms with Gasteiger partial charge in [-0.1, -0.05) is 0 Å². The molecule has 10 heteroatoms. The summed E-state index contributed by atoms with van der Waals surface area (Å²) in [5.41, 5.74) is -1.57. The highest BCUT2D eigenvalue weighted by Gasteiger charge is 2.61. The number of amides is 4. The SMILES string of the molecule is CC(O)C(C(=O)N1CCCC1C)N1CC(NC(=O)C2CCCN2C=O)(C(C)O)C1=O. The summed E-state index contributed by atoms with van der Waals surface area (Å²) in [6.07, 6.45) is 1.22. The first kappa shape index (κ1) is 22.5. The van der Waals surface area contributed by atoms with E-state index >= 15 is 0 Å². The minimum absolute atomic E-state index is 0.0352. The van der Waals surface area contributed by atoms with Crippen molar-refractivity contribution in [1.29, 1.82) is 0 Å². The molecule has 30 heavy (non-hydrogen) atoms. The number of carbonyl (C=O) groups excluding carboxylic acids is 4. The van der Waals surface area contributed by atoms with Crippen LogP contribution in [0.1, 0.15) is 46.5 Å². The predicted octanol–water partition coefficient (Wildman–Crippen LogP) is -1.55. The van der Waals surface area contributed by atoms with Crippen molar-refractivity contribution in [2.45, 2.75) is 82.3 Å². The van der Waals surface area contributed by atoms with Gasteiger partial charge in [0.2, 0.25) is 18.2 Å². The van der Waals surface area contributed by atoms with Crippen molar-refractivity contribution in [3.63, 3.8) is 0 Å². The normalized spacial score (nSPS) is 31.9. The molecule has 3 saturated heterocycles. The third kappa shape index (κ3) is 3.66. The number of nitrogens with zero attached hydrogens (tertiary/aromatic N) is 3. The molecule has 0 aromatic heterocycles. The zero-order valence-electron chi connectivity index (χ0n) is 17.8. The van der Waals surface area contributed by atoms with Crippen LogP contribution in [0.25, 0.3) is 0 Å². The summed E-state index contributed by atoms with van der Waals surface area (Å²) >= 11 is 0. The van der Waals surface area contributed by atoms with Gasteiger partial charge in [-0.25, -0.2) is 0 Å². The molecule has 3 fully saturated rings. The summed E-state index contributed by atoms with van der Waals surface area (Å²) in [6.45, 7) is 5.75. The summed E-state index contributed by atoms with van der Waals surface area (Å²) in [7, 11) is 0. The van der Waals surface area contributed by atoms with Gasteiger partial charge in [0.05, 0.1) is 18.8 Å². The Morgan fingerprint density at radius 1 is 1.20 bits per heavy atom. The fourth-order valence-electron chi connectivity index (χ4n) is 4.84. The zero-order chi connectivity index (χ0) is 22.2. The number of β-lactam (4-membered cyclic amide) rings is 1. The van der Waals surface area contributed by atoms with Gasteiger partial charge in [0.25, 0.3) is 5.91 Å². The van der Waals surface area contributed by atoms with Gasteiger partial charge in [0, 0.05) is 19.1 Å². The maximum Gasteiger partial charge on any atom is 0.253 e. The number of hydrogen-bond donors (Lipinski definition) is 3. The van der Waals surface area contributed by atoms with Crippen molar-refractivity contribution < 1.29 is 29.4 Å². The van der Waals surface area contributed by atoms with Crippen LogP contribution in [-0.2, 0) is 19.2 Å². The molecule has 3 heterocycles. The molecule has 10 nitrogen and oxygen atoms in total. The molecule has 3 N–H and O–H groups in total. The highest BCUT2D eigenvalue weighted by atomic mass is 16.3. The van der Waals surface area contributed by atoms with Crippen LogP contribution in [0.4, 0.5) is 0 Å². The second-order valence-corrected chi connectivity index (χ2v) is 8.78. The van der Waals surface area contributed by atoms with Crippen LogP contribution in [0, 0.1) is 0 Å². The van der Waals surface area contributed by atoms with Crippen LogP contribution in [-0.4, -0.2) is 105 Å². The second-order valence-electron chi connectivity index (χ2n) is 8.78. The summed E-state index contributed by atoms with van der Waals surface area (Å²) in [5.74, 6) is -1.43. The summed E-state index contributed by atoms with van der Waals surface area (Å²) in [6, 6.07) is -1.72. The van der Waals surface area contributed by atoms with E-state index in [0.29, 0.717) is 32.3 Å². The highest BCUT2D eigenvalue weighted by Crippen LogP contribution is 2.32. The Morgan fingerprint density at radius 3 is 2.37 bits per heavy atom. The first-order valence-electron chi connectivity index (χ1n) is 10.6. The maximum absolute atomic E-state index is 13.2. The number of aliphatic hydroxyl groups is 2. The van der Waals surface area contributed by atoms with E-state index in [1.54, 1.807) is 4.90 Å². The van der Waals surface area contributed by atoms with Crippen molar-refractivity contribution >= 4 is 24.1 Å². The fraction of sp³-hybridized carbons (Fsp3) is 0.800. The molecule has 0 aromatic carbocycles. The lowest BCUT2D eigenvalue weighted by Crippen LogP contribution is -2.82. The Hall–Kier alpha value is -2.20. The van der Waals surface area contributed by atoms with Crippen molar-refractivity contribution in [3.05, 3.63) is 0 Å². The average Bonchev–Trinajstić information content (AvgIpc) is 3.34. The number of carbonyl (C=O) groups is 4. The zero-order valence-corrected chi connectivity index (χ0v) is 17.8. The average molecular weight is 424 g/mol. The lowest BCUT2D eigenvalue weighted by Gasteiger charge is -2.54. The lowest BCUT2D eigenvalue weighted by atomic mass is 9.80. The number of nitrogens with one attached hydrogen (secondary N) is 1. The van der Waals surface area contributed by atoms with Crippen LogP contribution in [0.15, 0.2) is 0 Å². The molecule has 6 atom stereocenters. The summed E-state index contributed by atoms with van der Waals surface area (Å²) < 4.78 is 0. The molecule has 0 aromatic rings. The van der Waals surface area contributed by atoms with Crippen LogP contribution in [0.3, 0.4) is 0 Å². The third-order valence-electron chi connectivity index (χ3n) is 6.74. The van der Waals surface area contributed by atoms with Crippen molar-refractivity contribution in [1.82, 2.24) is 20.0 Å². The number of aliphatic hydroxyl groups excluding tert-OH is 2. The van der Waals surface area contributed by atoms with Crippen molar-refractivity contribution in [3.8, 4) is 0 Å². The molecule has 3 rings (SSSR count). The van der Waals surface area contributed by atoms with Crippen LogP contribution in [0.5, 0.6) is 0 Å². The standard InChI is InChI=1S/C20H32N4O6/c1-12-6-4-9-23(12)18(29)16(13(2)26)24-10-20(14(3)27,19(24)30)21-17(28)15-7-5-8-22(15)11-25/h11-16,26-27H,4-10H2,1-3H3,(H,21,28). The predicted molar refractivity (Wildman–Crippen MR) is 106 cm³/mol. The molecular formula is C20H32N4O6. The van der Waals surface area contributed by atoms with E-state index in [2.05, 4.69) is 5.32 Å². The number of hydrogen-bond acceptors (Lipinski definition) is 6. The van der Waals surface area contributed by atoms with Gasteiger partial charge in [-0.2, -0.15) is 0 Å². The van der Waals surface area contributed by atoms with Crippen molar-refractivity contribution in [2.24, 2.45) is 0 Å². The van der Waals surface area contributed by atoms with E-state index in [1.165, 1.54) is 23.6 Å². The Labute approximate surface area is 176 Å². The van der Waals surface area contributed by atoms with E-state index in [0.717, 1.165) is 12.8 Å². The largest absolute Gasteiger partial charge is 0.391 e. The van der Waals surface area contributed by atoms with E-state index in [1.807, 2.05) is 6.92 Å². The fourth-order valence-corrected chi connectivity index (χ4v) is 4.84. The quantitative estimate of drug-likeness (QED) is 0.335. The van der Waals surface area contributed by atoms with Gasteiger partial charge in [-0.3, -0.25) is 19.2 Å². The molecule has 0 spiro atoms. The molecule has 4 amide bonds. The molecule has 0 radical (unpaired) electrons. The molecule has 3 aliphatic heterocycles. The molecule has 0 saturated carbocycles. The van der Waals surface area contributed by atoms with E-state index < -0.39 is 41.6 Å². The molecule has 3 aliphatic rings. The summed E-state index contributed by atoms with van der Waals surface area (Å²) in [5, 5.41) is 23.2. The third-order valence-corrected chi connectivity index (χ3v) is 6.74. The van der Waals surface area contributed by atoms with Crippen LogP contribution in [0.2, 0.25) is 0 Å². The maximum atomic E-state index is 13.2. The van der Waals surface area contributed by atoms with Gasteiger partial charge in [-0.15, -0.1) is 0 Å². The Kier molecular flexibility index (Phi) is 6.37. The molecule has 0 bridgehead atoms. The van der Waals surface area contributed by atoms with Gasteiger partial charge in [0.15, 0.2) is 5.54 Å². The summed E-state index contributed by atoms with van der Waals surface area (Å²) in [4.78, 5) is 54.4.